The highest BCUT2D eigenvalue weighted by atomic mass is 16.2. The van der Waals surface area contributed by atoms with Gasteiger partial charge >= 0.3 is 0 Å². The Bertz CT molecular complexity index is 1620. The Morgan fingerprint density at radius 1 is 0.976 bits per heavy atom. The van der Waals surface area contributed by atoms with Gasteiger partial charge in [0.15, 0.2) is 17.4 Å². The van der Waals surface area contributed by atoms with Crippen molar-refractivity contribution in [3.63, 3.8) is 0 Å². The van der Waals surface area contributed by atoms with Crippen LogP contribution in [0.4, 0.5) is 22.0 Å². The maximum Gasteiger partial charge on any atom is 0.236 e. The largest absolute Gasteiger partial charge is 0.382 e. The van der Waals surface area contributed by atoms with Crippen molar-refractivity contribution in [2.75, 3.05) is 61.8 Å². The zero-order valence-electron chi connectivity index (χ0n) is 23.0. The molecule has 12 nitrogen and oxygen atoms in total. The third kappa shape index (κ3) is 5.68. The third-order valence-corrected chi connectivity index (χ3v) is 7.88. The van der Waals surface area contributed by atoms with Crippen molar-refractivity contribution in [1.82, 2.24) is 29.5 Å². The molecule has 13 heteroatoms. The lowest BCUT2D eigenvalue weighted by Gasteiger charge is -2.36. The van der Waals surface area contributed by atoms with E-state index in [0.717, 1.165) is 29.0 Å². The van der Waals surface area contributed by atoms with E-state index in [1.54, 1.807) is 36.7 Å². The van der Waals surface area contributed by atoms with E-state index in [0.29, 0.717) is 61.6 Å². The van der Waals surface area contributed by atoms with Crippen LogP contribution >= 0.6 is 0 Å². The number of benzene rings is 2. The zero-order valence-corrected chi connectivity index (χ0v) is 23.0. The fourth-order valence-electron chi connectivity index (χ4n) is 5.60. The van der Waals surface area contributed by atoms with E-state index in [4.69, 9.17) is 13.6 Å². The van der Waals surface area contributed by atoms with Gasteiger partial charge in [0, 0.05) is 67.4 Å². The van der Waals surface area contributed by atoms with Gasteiger partial charge in [-0.3, -0.25) is 19.3 Å². The summed E-state index contributed by atoms with van der Waals surface area (Å²) in [5, 5.41) is 7.42. The lowest BCUT2D eigenvalue weighted by Crippen LogP contribution is -2.51. The van der Waals surface area contributed by atoms with E-state index < -0.39 is 5.81 Å². The van der Waals surface area contributed by atoms with Crippen LogP contribution in [0, 0.1) is 5.92 Å². The van der Waals surface area contributed by atoms with E-state index in [1.807, 2.05) is 21.9 Å². The van der Waals surface area contributed by atoms with Crippen LogP contribution in [0.25, 0.3) is 22.3 Å². The molecule has 2 amide bonds. The van der Waals surface area contributed by atoms with Crippen LogP contribution in [0.1, 0.15) is 6.42 Å². The first kappa shape index (κ1) is 27.4. The summed E-state index contributed by atoms with van der Waals surface area (Å²) in [4.78, 5) is 52.4. The van der Waals surface area contributed by atoms with Gasteiger partial charge in [0.05, 0.1) is 18.0 Å². The van der Waals surface area contributed by atoms with Crippen LogP contribution in [0.5, 0.6) is 0 Å². The summed E-state index contributed by atoms with van der Waals surface area (Å²) in [6, 6.07) is 15.0. The first-order valence-electron chi connectivity index (χ1n) is 13.9. The SMILES string of the molecule is [B]C(=O)n1nc(N)c2cc(NC(=O)[C@@H]3CCN(CC(=O)N4CCN(c5ccc(-c6ncccn6)cc5)CC4)C3)ccc21. The normalized spacial score (nSPS) is 17.5. The number of hydrogen-bond donors (Lipinski definition) is 2. The molecule has 0 unspecified atom stereocenters. The number of piperazine rings is 1. The molecule has 0 aliphatic carbocycles. The lowest BCUT2D eigenvalue weighted by atomic mass is 10.1. The number of likely N-dealkylation sites (tertiary alicyclic amines) is 1. The molecule has 2 aliphatic heterocycles. The fourth-order valence-corrected chi connectivity index (χ4v) is 5.60. The average Bonchev–Trinajstić information content (AvgIpc) is 3.62. The number of rotatable bonds is 6. The monoisotopic (exact) mass is 563 g/mol. The minimum absolute atomic E-state index is 0.0830. The predicted molar refractivity (Wildman–Crippen MR) is 160 cm³/mol. The number of fused-ring (bicyclic) bond motifs is 1. The van der Waals surface area contributed by atoms with Crippen molar-refractivity contribution < 1.29 is 14.4 Å². The van der Waals surface area contributed by atoms with Crippen molar-refractivity contribution >= 4 is 53.6 Å². The van der Waals surface area contributed by atoms with Gasteiger partial charge < -0.3 is 20.9 Å². The van der Waals surface area contributed by atoms with E-state index in [9.17, 15) is 14.4 Å². The van der Waals surface area contributed by atoms with E-state index in [-0.39, 0.29) is 23.6 Å². The Morgan fingerprint density at radius 3 is 2.43 bits per heavy atom. The number of nitrogens with zero attached hydrogens (tertiary/aromatic N) is 7. The van der Waals surface area contributed by atoms with E-state index in [2.05, 4.69) is 37.4 Å². The van der Waals surface area contributed by atoms with Gasteiger partial charge in [-0.05, 0) is 61.5 Å². The second-order valence-corrected chi connectivity index (χ2v) is 10.6. The van der Waals surface area contributed by atoms with Gasteiger partial charge in [-0.15, -0.1) is 5.10 Å². The fraction of sp³-hybridized carbons (Fsp3) is 0.310. The molecule has 2 saturated heterocycles. The Hall–Kier alpha value is -4.78. The van der Waals surface area contributed by atoms with Gasteiger partial charge in [-0.1, -0.05) is 0 Å². The molecule has 0 spiro atoms. The third-order valence-electron chi connectivity index (χ3n) is 7.88. The smallest absolute Gasteiger partial charge is 0.236 e. The quantitative estimate of drug-likeness (QED) is 0.336. The highest BCUT2D eigenvalue weighted by molar-refractivity contribution is 6.58. The Morgan fingerprint density at radius 2 is 1.71 bits per heavy atom. The van der Waals surface area contributed by atoms with Gasteiger partial charge in [0.2, 0.25) is 19.7 Å². The maximum atomic E-state index is 13.1. The summed E-state index contributed by atoms with van der Waals surface area (Å²) in [7, 11) is 5.34. The number of anilines is 3. The Labute approximate surface area is 243 Å². The molecule has 6 rings (SSSR count). The molecule has 1 atom stereocenters. The molecule has 4 heterocycles. The molecule has 2 fully saturated rings. The molecule has 42 heavy (non-hydrogen) atoms. The number of amides is 2. The number of carbonyl (C=O) groups is 3. The highest BCUT2D eigenvalue weighted by Crippen LogP contribution is 2.26. The first-order valence-corrected chi connectivity index (χ1v) is 13.9. The topological polar surface area (TPSA) is 143 Å². The molecule has 2 aromatic carbocycles. The van der Waals surface area contributed by atoms with Crippen molar-refractivity contribution in [3.8, 4) is 11.4 Å². The summed E-state index contributed by atoms with van der Waals surface area (Å²) in [5.41, 5.74) is 9.03. The molecule has 0 bridgehead atoms. The standard InChI is InChI=1S/C29H30BN9O3/c30-29(42)39-24-7-4-21(16-23(24)26(31)35-39)34-28(41)20-8-11-36(17-20)18-25(40)38-14-12-37(13-15-38)22-5-2-19(3-6-22)27-32-9-1-10-33-27/h1-7,9-10,16,20H,8,11-15,17-18H2,(H2,31,35)(H,34,41)/t20-/m1/s1. The van der Waals surface area contributed by atoms with Crippen LogP contribution in [0.15, 0.2) is 60.9 Å². The zero-order chi connectivity index (χ0) is 29.2. The summed E-state index contributed by atoms with van der Waals surface area (Å²) in [6.45, 7) is 4.30. The van der Waals surface area contributed by atoms with Gasteiger partial charge in [0.25, 0.3) is 0 Å². The summed E-state index contributed by atoms with van der Waals surface area (Å²) in [6.07, 6.45) is 4.13. The molecule has 0 saturated carbocycles. The summed E-state index contributed by atoms with van der Waals surface area (Å²) >= 11 is 0. The second kappa shape index (κ2) is 11.6. The van der Waals surface area contributed by atoms with Crippen LogP contribution in [0.3, 0.4) is 0 Å². The Balaban J connectivity index is 0.977. The summed E-state index contributed by atoms with van der Waals surface area (Å²) < 4.78 is 1.03. The number of nitrogen functional groups attached to an aromatic ring is 1. The van der Waals surface area contributed by atoms with Gasteiger partial charge in [0.1, 0.15) is 0 Å². The summed E-state index contributed by atoms with van der Waals surface area (Å²) in [5.74, 6) is -0.158. The molecule has 4 aromatic rings. The molecular weight excluding hydrogens is 533 g/mol. The molecule has 2 radical (unpaired) electrons. The lowest BCUT2D eigenvalue weighted by molar-refractivity contribution is -0.132. The van der Waals surface area contributed by atoms with Crippen LogP contribution < -0.4 is 16.0 Å². The minimum atomic E-state index is -0.735. The number of aromatic nitrogens is 4. The highest BCUT2D eigenvalue weighted by Gasteiger charge is 2.31. The van der Waals surface area contributed by atoms with Gasteiger partial charge in [-0.2, -0.15) is 0 Å². The molecular formula is C29H30BN9O3. The Kier molecular flexibility index (Phi) is 7.57. The van der Waals surface area contributed by atoms with Crippen LogP contribution in [-0.4, -0.2) is 101 Å². The molecule has 2 aromatic heterocycles. The van der Waals surface area contributed by atoms with E-state index in [1.165, 1.54) is 0 Å². The average molecular weight is 563 g/mol. The van der Waals surface area contributed by atoms with Crippen LogP contribution in [0.2, 0.25) is 0 Å². The maximum absolute atomic E-state index is 13.1. The number of nitrogens with two attached hydrogens (primary N) is 1. The van der Waals surface area contributed by atoms with Crippen LogP contribution in [-0.2, 0) is 9.59 Å². The number of hydrogen-bond acceptors (Lipinski definition) is 9. The van der Waals surface area contributed by atoms with Crippen molar-refractivity contribution in [2.24, 2.45) is 5.92 Å². The number of nitrogens with one attached hydrogen (secondary N) is 1. The van der Waals surface area contributed by atoms with Crippen molar-refractivity contribution in [2.45, 2.75) is 6.42 Å². The first-order chi connectivity index (χ1) is 20.4. The molecule has 212 valence electrons. The number of carbonyl (C=O) groups excluding carboxylic acids is 3. The van der Waals surface area contributed by atoms with E-state index >= 15 is 0 Å². The van der Waals surface area contributed by atoms with Gasteiger partial charge in [-0.25, -0.2) is 14.6 Å². The molecule has 2 aliphatic rings. The van der Waals surface area contributed by atoms with Crippen molar-refractivity contribution in [3.05, 3.63) is 60.9 Å². The molecule has 3 N–H and O–H groups in total. The minimum Gasteiger partial charge on any atom is -0.382 e. The van der Waals surface area contributed by atoms with Crippen molar-refractivity contribution in [1.29, 1.82) is 0 Å². The predicted octanol–water partition coefficient (Wildman–Crippen LogP) is 1.82. The second-order valence-electron chi connectivity index (χ2n) is 10.6.